The highest BCUT2D eigenvalue weighted by atomic mass is 16.2. The molecule has 0 saturated carbocycles. The lowest BCUT2D eigenvalue weighted by Crippen LogP contribution is -2.49. The summed E-state index contributed by atoms with van der Waals surface area (Å²) >= 11 is 0. The predicted molar refractivity (Wildman–Crippen MR) is 107 cm³/mol. The molecule has 148 valence electrons. The summed E-state index contributed by atoms with van der Waals surface area (Å²) in [6, 6.07) is 10.8. The zero-order valence-corrected chi connectivity index (χ0v) is 16.7. The van der Waals surface area contributed by atoms with Crippen molar-refractivity contribution in [2.45, 2.75) is 52.0 Å². The van der Waals surface area contributed by atoms with E-state index in [-0.39, 0.29) is 18.0 Å². The summed E-state index contributed by atoms with van der Waals surface area (Å²) in [6.45, 7) is 7.05. The number of nitrogens with one attached hydrogen (secondary N) is 1. The first-order valence-corrected chi connectivity index (χ1v) is 10.4. The van der Waals surface area contributed by atoms with Gasteiger partial charge >= 0.3 is 6.03 Å². The summed E-state index contributed by atoms with van der Waals surface area (Å²) in [5, 5.41) is 2.94. The summed E-state index contributed by atoms with van der Waals surface area (Å²) in [5.41, 5.74) is 1.40. The van der Waals surface area contributed by atoms with E-state index >= 15 is 0 Å². The van der Waals surface area contributed by atoms with Gasteiger partial charge in [0.05, 0.1) is 0 Å². The maximum absolute atomic E-state index is 12.9. The number of likely N-dealkylation sites (tertiary alicyclic amines) is 2. The first-order valence-electron chi connectivity index (χ1n) is 10.4. The Labute approximate surface area is 163 Å². The highest BCUT2D eigenvalue weighted by molar-refractivity contribution is 5.80. The van der Waals surface area contributed by atoms with Crippen LogP contribution in [0, 0.1) is 11.8 Å². The predicted octanol–water partition coefficient (Wildman–Crippen LogP) is 3.30. The van der Waals surface area contributed by atoms with Crippen LogP contribution in [0.4, 0.5) is 4.79 Å². The van der Waals surface area contributed by atoms with E-state index in [1.54, 1.807) is 0 Å². The molecule has 5 heteroatoms. The zero-order valence-electron chi connectivity index (χ0n) is 16.7. The van der Waals surface area contributed by atoms with Crippen LogP contribution in [0.1, 0.15) is 45.1 Å². The molecule has 0 aromatic heterocycles. The van der Waals surface area contributed by atoms with Gasteiger partial charge in [-0.05, 0) is 57.4 Å². The van der Waals surface area contributed by atoms with Crippen molar-refractivity contribution in [3.8, 4) is 0 Å². The molecule has 0 bridgehead atoms. The van der Waals surface area contributed by atoms with Crippen molar-refractivity contribution >= 4 is 11.9 Å². The van der Waals surface area contributed by atoms with Crippen LogP contribution in [-0.2, 0) is 11.2 Å². The maximum atomic E-state index is 12.9. The van der Waals surface area contributed by atoms with Crippen LogP contribution in [0.3, 0.4) is 0 Å². The standard InChI is InChI=1S/C22H33N3O2/c1-17(2)23-22(27)25-14-10-20(11-15-25)21(26)24-12-8-19(9-13-24)16-18-6-4-3-5-7-18/h3-7,17,19-20H,8-16H2,1-2H3,(H,23,27). The fraction of sp³-hybridized carbons (Fsp3) is 0.636. The number of hydrogen-bond acceptors (Lipinski definition) is 2. The third-order valence-corrected chi connectivity index (χ3v) is 5.84. The Morgan fingerprint density at radius 1 is 0.963 bits per heavy atom. The Morgan fingerprint density at radius 2 is 1.56 bits per heavy atom. The van der Waals surface area contributed by atoms with E-state index in [0.29, 0.717) is 24.9 Å². The Morgan fingerprint density at radius 3 is 2.15 bits per heavy atom. The number of benzene rings is 1. The van der Waals surface area contributed by atoms with Crippen molar-refractivity contribution < 1.29 is 9.59 Å². The number of piperidine rings is 2. The van der Waals surface area contributed by atoms with Crippen molar-refractivity contribution in [2.24, 2.45) is 11.8 Å². The molecule has 27 heavy (non-hydrogen) atoms. The molecule has 0 aliphatic carbocycles. The molecule has 1 aromatic carbocycles. The Kier molecular flexibility index (Phi) is 6.75. The molecule has 2 saturated heterocycles. The monoisotopic (exact) mass is 371 g/mol. The number of nitrogens with zero attached hydrogens (tertiary/aromatic N) is 2. The van der Waals surface area contributed by atoms with Crippen LogP contribution < -0.4 is 5.32 Å². The Hall–Kier alpha value is -2.04. The molecular weight excluding hydrogens is 338 g/mol. The third kappa shape index (κ3) is 5.47. The molecular formula is C22H33N3O2. The molecule has 2 heterocycles. The lowest BCUT2D eigenvalue weighted by molar-refractivity contribution is -0.138. The summed E-state index contributed by atoms with van der Waals surface area (Å²) < 4.78 is 0. The maximum Gasteiger partial charge on any atom is 0.317 e. The van der Waals surface area contributed by atoms with Gasteiger partial charge in [0.1, 0.15) is 0 Å². The van der Waals surface area contributed by atoms with Crippen molar-refractivity contribution in [1.29, 1.82) is 0 Å². The fourth-order valence-electron chi connectivity index (χ4n) is 4.23. The van der Waals surface area contributed by atoms with Crippen LogP contribution >= 0.6 is 0 Å². The normalized spacial score (nSPS) is 19.4. The van der Waals surface area contributed by atoms with E-state index in [2.05, 4.69) is 40.5 Å². The van der Waals surface area contributed by atoms with Gasteiger partial charge in [0.2, 0.25) is 5.91 Å². The fourth-order valence-corrected chi connectivity index (χ4v) is 4.23. The molecule has 0 atom stereocenters. The molecule has 2 fully saturated rings. The van der Waals surface area contributed by atoms with Crippen LogP contribution in [0.5, 0.6) is 0 Å². The minimum absolute atomic E-state index is 0.00220. The van der Waals surface area contributed by atoms with Crippen molar-refractivity contribution in [2.75, 3.05) is 26.2 Å². The van der Waals surface area contributed by atoms with E-state index in [0.717, 1.165) is 45.2 Å². The minimum Gasteiger partial charge on any atom is -0.342 e. The lowest BCUT2D eigenvalue weighted by Gasteiger charge is -2.37. The van der Waals surface area contributed by atoms with Crippen molar-refractivity contribution in [3.05, 3.63) is 35.9 Å². The lowest BCUT2D eigenvalue weighted by atomic mass is 9.88. The van der Waals surface area contributed by atoms with E-state index in [4.69, 9.17) is 0 Å². The van der Waals surface area contributed by atoms with Crippen LogP contribution in [0.15, 0.2) is 30.3 Å². The van der Waals surface area contributed by atoms with E-state index < -0.39 is 0 Å². The van der Waals surface area contributed by atoms with Crippen molar-refractivity contribution in [3.63, 3.8) is 0 Å². The molecule has 1 N–H and O–H groups in total. The number of carbonyl (C=O) groups is 2. The van der Waals surface area contributed by atoms with Gasteiger partial charge < -0.3 is 15.1 Å². The Bertz CT molecular complexity index is 616. The number of amides is 3. The zero-order chi connectivity index (χ0) is 19.2. The first-order chi connectivity index (χ1) is 13.0. The highest BCUT2D eigenvalue weighted by Crippen LogP contribution is 2.25. The second-order valence-electron chi connectivity index (χ2n) is 8.32. The average molecular weight is 372 g/mol. The van der Waals surface area contributed by atoms with Gasteiger partial charge in [-0.15, -0.1) is 0 Å². The molecule has 5 nitrogen and oxygen atoms in total. The molecule has 0 unspecified atom stereocenters. The van der Waals surface area contributed by atoms with Crippen LogP contribution in [0.25, 0.3) is 0 Å². The summed E-state index contributed by atoms with van der Waals surface area (Å²) in [6.07, 6.45) is 4.88. The van der Waals surface area contributed by atoms with E-state index in [9.17, 15) is 9.59 Å². The summed E-state index contributed by atoms with van der Waals surface area (Å²) in [5.74, 6) is 1.06. The average Bonchev–Trinajstić information content (AvgIpc) is 2.68. The topological polar surface area (TPSA) is 52.7 Å². The Balaban J connectivity index is 1.41. The van der Waals surface area contributed by atoms with Crippen LogP contribution in [0.2, 0.25) is 0 Å². The minimum atomic E-state index is -0.00220. The molecule has 2 aliphatic heterocycles. The van der Waals surface area contributed by atoms with Gasteiger partial charge in [-0.2, -0.15) is 0 Å². The molecule has 1 aromatic rings. The van der Waals surface area contributed by atoms with Gasteiger partial charge in [0.15, 0.2) is 0 Å². The quantitative estimate of drug-likeness (QED) is 0.883. The largest absolute Gasteiger partial charge is 0.342 e. The molecule has 0 radical (unpaired) electrons. The molecule has 2 aliphatic rings. The molecule has 3 amide bonds. The number of urea groups is 1. The summed E-state index contributed by atoms with van der Waals surface area (Å²) in [4.78, 5) is 28.9. The van der Waals surface area contributed by atoms with Gasteiger partial charge in [-0.1, -0.05) is 30.3 Å². The van der Waals surface area contributed by atoms with E-state index in [1.165, 1.54) is 5.56 Å². The van der Waals surface area contributed by atoms with E-state index in [1.807, 2.05) is 18.7 Å². The smallest absolute Gasteiger partial charge is 0.317 e. The van der Waals surface area contributed by atoms with Gasteiger partial charge in [-0.3, -0.25) is 4.79 Å². The van der Waals surface area contributed by atoms with Gasteiger partial charge in [0.25, 0.3) is 0 Å². The number of carbonyl (C=O) groups excluding carboxylic acids is 2. The number of hydrogen-bond donors (Lipinski definition) is 1. The molecule has 0 spiro atoms. The second-order valence-corrected chi connectivity index (χ2v) is 8.32. The highest BCUT2D eigenvalue weighted by Gasteiger charge is 2.32. The SMILES string of the molecule is CC(C)NC(=O)N1CCC(C(=O)N2CCC(Cc3ccccc3)CC2)CC1. The first kappa shape index (κ1) is 19.7. The van der Waals surface area contributed by atoms with Crippen molar-refractivity contribution in [1.82, 2.24) is 15.1 Å². The van der Waals surface area contributed by atoms with Crippen LogP contribution in [-0.4, -0.2) is 54.0 Å². The second kappa shape index (κ2) is 9.25. The third-order valence-electron chi connectivity index (χ3n) is 5.84. The number of rotatable bonds is 4. The summed E-state index contributed by atoms with van der Waals surface area (Å²) in [7, 11) is 0. The molecule has 3 rings (SSSR count). The van der Waals surface area contributed by atoms with Gasteiger partial charge in [-0.25, -0.2) is 4.79 Å². The van der Waals surface area contributed by atoms with Gasteiger partial charge in [0, 0.05) is 38.1 Å².